The molecule has 2 aromatic carbocycles. The van der Waals surface area contributed by atoms with Crippen molar-refractivity contribution in [2.75, 3.05) is 12.4 Å². The van der Waals surface area contributed by atoms with Gasteiger partial charge in [0.25, 0.3) is 17.7 Å². The average Bonchev–Trinajstić information content (AvgIpc) is 2.72. The topological polar surface area (TPSA) is 86.7 Å². The van der Waals surface area contributed by atoms with Gasteiger partial charge in [-0.1, -0.05) is 0 Å². The van der Waals surface area contributed by atoms with Crippen LogP contribution < -0.4 is 5.32 Å². The van der Waals surface area contributed by atoms with Crippen molar-refractivity contribution in [1.29, 1.82) is 0 Å². The van der Waals surface area contributed by atoms with E-state index in [0.29, 0.717) is 16.8 Å². The molecule has 0 atom stereocenters. The van der Waals surface area contributed by atoms with Crippen LogP contribution in [0.25, 0.3) is 0 Å². The number of phenolic OH excluding ortho intramolecular Hbond substituents is 1. The predicted molar refractivity (Wildman–Crippen MR) is 78.9 cm³/mol. The number of anilines is 1. The van der Waals surface area contributed by atoms with Gasteiger partial charge in [0.2, 0.25) is 0 Å². The monoisotopic (exact) mass is 296 g/mol. The maximum absolute atomic E-state index is 12.1. The lowest BCUT2D eigenvalue weighted by atomic mass is 10.1. The van der Waals surface area contributed by atoms with E-state index in [1.807, 2.05) is 0 Å². The molecule has 0 saturated carbocycles. The van der Waals surface area contributed by atoms with Gasteiger partial charge in [0.05, 0.1) is 11.1 Å². The molecule has 2 aromatic rings. The van der Waals surface area contributed by atoms with Gasteiger partial charge in [0, 0.05) is 18.3 Å². The standard InChI is InChI=1S/C16H12N2O4/c1-18-15(21)12-7-4-10(8-13(12)16(18)22)17-14(20)9-2-5-11(19)6-3-9/h2-8,19H,1H3,(H,17,20). The van der Waals surface area contributed by atoms with Gasteiger partial charge in [-0.05, 0) is 42.5 Å². The van der Waals surface area contributed by atoms with Gasteiger partial charge in [-0.25, -0.2) is 0 Å². The van der Waals surface area contributed by atoms with Crippen LogP contribution in [-0.4, -0.2) is 34.8 Å². The van der Waals surface area contributed by atoms with Gasteiger partial charge < -0.3 is 10.4 Å². The molecule has 0 fully saturated rings. The van der Waals surface area contributed by atoms with E-state index in [0.717, 1.165) is 4.90 Å². The van der Waals surface area contributed by atoms with E-state index in [1.54, 1.807) is 6.07 Å². The van der Waals surface area contributed by atoms with E-state index in [1.165, 1.54) is 43.4 Å². The lowest BCUT2D eigenvalue weighted by molar-refractivity contribution is 0.0692. The molecule has 3 rings (SSSR count). The number of benzene rings is 2. The van der Waals surface area contributed by atoms with Gasteiger partial charge in [0.15, 0.2) is 0 Å². The van der Waals surface area contributed by atoms with Crippen molar-refractivity contribution in [3.63, 3.8) is 0 Å². The van der Waals surface area contributed by atoms with Crippen molar-refractivity contribution in [3.05, 3.63) is 59.2 Å². The number of imide groups is 1. The summed E-state index contributed by atoms with van der Waals surface area (Å²) in [7, 11) is 1.42. The molecule has 0 aromatic heterocycles. The largest absolute Gasteiger partial charge is 0.508 e. The van der Waals surface area contributed by atoms with E-state index >= 15 is 0 Å². The summed E-state index contributed by atoms with van der Waals surface area (Å²) in [6.45, 7) is 0. The minimum atomic E-state index is -0.388. The molecule has 6 heteroatoms. The van der Waals surface area contributed by atoms with Crippen LogP contribution >= 0.6 is 0 Å². The highest BCUT2D eigenvalue weighted by molar-refractivity contribution is 6.21. The number of fused-ring (bicyclic) bond motifs is 1. The third kappa shape index (κ3) is 2.20. The second-order valence-corrected chi connectivity index (χ2v) is 4.93. The van der Waals surface area contributed by atoms with Crippen molar-refractivity contribution in [2.45, 2.75) is 0 Å². The van der Waals surface area contributed by atoms with Crippen LogP contribution in [0.15, 0.2) is 42.5 Å². The van der Waals surface area contributed by atoms with Gasteiger partial charge in [-0.15, -0.1) is 0 Å². The van der Waals surface area contributed by atoms with E-state index < -0.39 is 0 Å². The lowest BCUT2D eigenvalue weighted by Gasteiger charge is -2.06. The van der Waals surface area contributed by atoms with Crippen molar-refractivity contribution >= 4 is 23.4 Å². The Morgan fingerprint density at radius 2 is 1.64 bits per heavy atom. The van der Waals surface area contributed by atoms with E-state index in [9.17, 15) is 19.5 Å². The molecule has 3 amide bonds. The molecule has 0 spiro atoms. The number of hydrogen-bond acceptors (Lipinski definition) is 4. The Morgan fingerprint density at radius 1 is 1.00 bits per heavy atom. The van der Waals surface area contributed by atoms with Gasteiger partial charge >= 0.3 is 0 Å². The Morgan fingerprint density at radius 3 is 2.32 bits per heavy atom. The first-order valence-corrected chi connectivity index (χ1v) is 6.54. The molecule has 110 valence electrons. The molecule has 2 N–H and O–H groups in total. The number of phenols is 1. The number of amides is 3. The summed E-state index contributed by atoms with van der Waals surface area (Å²) in [6.07, 6.45) is 0. The molecule has 0 bridgehead atoms. The summed E-state index contributed by atoms with van der Waals surface area (Å²) >= 11 is 0. The van der Waals surface area contributed by atoms with Crippen LogP contribution in [0.5, 0.6) is 5.75 Å². The van der Waals surface area contributed by atoms with Crippen molar-refractivity contribution in [1.82, 2.24) is 4.90 Å². The average molecular weight is 296 g/mol. The fourth-order valence-corrected chi connectivity index (χ4v) is 2.26. The van der Waals surface area contributed by atoms with Crippen LogP contribution in [0.3, 0.4) is 0 Å². The molecular formula is C16H12N2O4. The van der Waals surface area contributed by atoms with Crippen LogP contribution in [0, 0.1) is 0 Å². The Kier molecular flexibility index (Phi) is 3.14. The smallest absolute Gasteiger partial charge is 0.261 e. The third-order valence-electron chi connectivity index (χ3n) is 3.48. The number of carbonyl (C=O) groups is 3. The highest BCUT2D eigenvalue weighted by atomic mass is 16.3. The minimum Gasteiger partial charge on any atom is -0.508 e. The Labute approximate surface area is 126 Å². The summed E-state index contributed by atoms with van der Waals surface area (Å²) in [5.41, 5.74) is 1.40. The maximum Gasteiger partial charge on any atom is 0.261 e. The molecule has 6 nitrogen and oxygen atoms in total. The van der Waals surface area contributed by atoms with Gasteiger partial charge in [-0.2, -0.15) is 0 Å². The lowest BCUT2D eigenvalue weighted by Crippen LogP contribution is -2.24. The number of hydrogen-bond donors (Lipinski definition) is 2. The van der Waals surface area contributed by atoms with Crippen molar-refractivity contribution in [2.24, 2.45) is 0 Å². The molecule has 1 aliphatic heterocycles. The number of carbonyl (C=O) groups excluding carboxylic acids is 3. The summed E-state index contributed by atoms with van der Waals surface area (Å²) < 4.78 is 0. The summed E-state index contributed by atoms with van der Waals surface area (Å²) in [5.74, 6) is -1.04. The molecule has 0 aliphatic carbocycles. The zero-order valence-electron chi connectivity index (χ0n) is 11.7. The first-order valence-electron chi connectivity index (χ1n) is 6.54. The zero-order valence-corrected chi connectivity index (χ0v) is 11.7. The summed E-state index contributed by atoms with van der Waals surface area (Å²) in [5, 5.41) is 11.9. The molecule has 22 heavy (non-hydrogen) atoms. The third-order valence-corrected chi connectivity index (χ3v) is 3.48. The van der Waals surface area contributed by atoms with Crippen LogP contribution in [0.2, 0.25) is 0 Å². The Balaban J connectivity index is 1.86. The van der Waals surface area contributed by atoms with Crippen LogP contribution in [-0.2, 0) is 0 Å². The SMILES string of the molecule is CN1C(=O)c2ccc(NC(=O)c3ccc(O)cc3)cc2C1=O. The summed E-state index contributed by atoms with van der Waals surface area (Å²) in [4.78, 5) is 36.8. The second-order valence-electron chi connectivity index (χ2n) is 4.93. The van der Waals surface area contributed by atoms with Crippen LogP contribution in [0.4, 0.5) is 5.69 Å². The zero-order chi connectivity index (χ0) is 15.9. The summed E-state index contributed by atoms with van der Waals surface area (Å²) in [6, 6.07) is 10.4. The maximum atomic E-state index is 12.1. The minimum absolute atomic E-state index is 0.0706. The van der Waals surface area contributed by atoms with E-state index in [2.05, 4.69) is 5.32 Å². The first kappa shape index (κ1) is 13.8. The fourth-order valence-electron chi connectivity index (χ4n) is 2.26. The number of nitrogens with one attached hydrogen (secondary N) is 1. The Hall–Kier alpha value is -3.15. The molecular weight excluding hydrogens is 284 g/mol. The van der Waals surface area contributed by atoms with Gasteiger partial charge in [-0.3, -0.25) is 19.3 Å². The van der Waals surface area contributed by atoms with E-state index in [4.69, 9.17) is 0 Å². The molecule has 0 unspecified atom stereocenters. The van der Waals surface area contributed by atoms with E-state index in [-0.39, 0.29) is 29.0 Å². The number of aromatic hydroxyl groups is 1. The Bertz CT molecular complexity index is 796. The molecule has 0 radical (unpaired) electrons. The highest BCUT2D eigenvalue weighted by Gasteiger charge is 2.32. The van der Waals surface area contributed by atoms with Crippen molar-refractivity contribution in [3.8, 4) is 5.75 Å². The quantitative estimate of drug-likeness (QED) is 0.828. The molecule has 1 heterocycles. The normalized spacial score (nSPS) is 13.2. The van der Waals surface area contributed by atoms with Gasteiger partial charge in [0.1, 0.15) is 5.75 Å². The second kappa shape index (κ2) is 5.00. The molecule has 1 aliphatic rings. The fraction of sp³-hybridized carbons (Fsp3) is 0.0625. The number of nitrogens with zero attached hydrogens (tertiary/aromatic N) is 1. The number of rotatable bonds is 2. The first-order chi connectivity index (χ1) is 10.5. The van der Waals surface area contributed by atoms with Crippen molar-refractivity contribution < 1.29 is 19.5 Å². The molecule has 0 saturated heterocycles. The highest BCUT2D eigenvalue weighted by Crippen LogP contribution is 2.25. The predicted octanol–water partition coefficient (Wildman–Crippen LogP) is 1.87. The van der Waals surface area contributed by atoms with Crippen LogP contribution in [0.1, 0.15) is 31.1 Å².